The van der Waals surface area contributed by atoms with Gasteiger partial charge in [-0.2, -0.15) is 0 Å². The van der Waals surface area contributed by atoms with Crippen LogP contribution in [0.3, 0.4) is 0 Å². The summed E-state index contributed by atoms with van der Waals surface area (Å²) in [6, 6.07) is 13.8. The van der Waals surface area contributed by atoms with Crippen LogP contribution in [0.4, 0.5) is 0 Å². The summed E-state index contributed by atoms with van der Waals surface area (Å²) >= 11 is 7.09. The first kappa shape index (κ1) is 17.2. The zero-order chi connectivity index (χ0) is 16.9. The van der Waals surface area contributed by atoms with Gasteiger partial charge in [-0.15, -0.1) is 0 Å². The molecule has 2 heterocycles. The summed E-state index contributed by atoms with van der Waals surface area (Å²) in [5, 5.41) is 9.16. The van der Waals surface area contributed by atoms with Gasteiger partial charge in [0.2, 0.25) is 0 Å². The number of pyridine rings is 1. The Labute approximate surface area is 156 Å². The molecule has 3 aromatic rings. The van der Waals surface area contributed by atoms with E-state index in [0.717, 1.165) is 26.6 Å². The Morgan fingerprint density at radius 2 is 2.00 bits per heavy atom. The van der Waals surface area contributed by atoms with Crippen LogP contribution in [0.5, 0.6) is 0 Å². The molecule has 0 fully saturated rings. The van der Waals surface area contributed by atoms with Crippen LogP contribution in [0.25, 0.3) is 11.3 Å². The normalized spacial score (nSPS) is 10.8. The van der Waals surface area contributed by atoms with Gasteiger partial charge < -0.3 is 0 Å². The van der Waals surface area contributed by atoms with Crippen LogP contribution in [-0.2, 0) is 30.6 Å². The van der Waals surface area contributed by atoms with Crippen LogP contribution in [0.2, 0.25) is 5.15 Å². The number of benzene rings is 1. The van der Waals surface area contributed by atoms with Gasteiger partial charge in [-0.05, 0) is 0 Å². The number of hydrogen-bond donors (Lipinski definition) is 0. The quantitative estimate of drug-likeness (QED) is 0.479. The standard InChI is InChI=1S/C17H15ClN4O.W/c1-2-23-12-15-17(14-6-4-3-5-7-14)22(21-20-15)11-13-8-9-16(18)19-10-13;/h3-10H,2,11H2,1H3;. The van der Waals surface area contributed by atoms with Crippen molar-refractivity contribution in [2.45, 2.75) is 13.5 Å². The van der Waals surface area contributed by atoms with Gasteiger partial charge in [0.25, 0.3) is 0 Å². The van der Waals surface area contributed by atoms with Crippen molar-refractivity contribution in [3.8, 4) is 11.3 Å². The number of aromatic nitrogens is 4. The first-order valence-corrected chi connectivity index (χ1v) is 9.30. The molecule has 0 aliphatic rings. The summed E-state index contributed by atoms with van der Waals surface area (Å²) in [7, 11) is 0. The van der Waals surface area contributed by atoms with Gasteiger partial charge in [0, 0.05) is 0 Å². The third kappa shape index (κ3) is 3.86. The van der Waals surface area contributed by atoms with Crippen molar-refractivity contribution in [3.63, 3.8) is 0 Å². The van der Waals surface area contributed by atoms with Crippen LogP contribution in [0.15, 0.2) is 48.7 Å². The van der Waals surface area contributed by atoms with Gasteiger partial charge in [-0.1, -0.05) is 0 Å². The summed E-state index contributed by atoms with van der Waals surface area (Å²) in [5.41, 5.74) is 3.80. The van der Waals surface area contributed by atoms with E-state index in [1.54, 1.807) is 12.3 Å². The van der Waals surface area contributed by atoms with Gasteiger partial charge in [0.1, 0.15) is 0 Å². The molecule has 0 radical (unpaired) electrons. The van der Waals surface area contributed by atoms with E-state index in [-0.39, 0.29) is 0 Å². The Hall–Kier alpha value is -1.68. The van der Waals surface area contributed by atoms with Gasteiger partial charge in [-0.3, -0.25) is 0 Å². The van der Waals surface area contributed by atoms with Crippen molar-refractivity contribution in [2.75, 3.05) is 6.61 Å². The molecule has 0 saturated carbocycles. The van der Waals surface area contributed by atoms with Crippen LogP contribution >= 0.6 is 11.6 Å². The predicted octanol–water partition coefficient (Wildman–Crippen LogP) is 3.10. The predicted molar refractivity (Wildman–Crippen MR) is 89.5 cm³/mol. The summed E-state index contributed by atoms with van der Waals surface area (Å²) in [4.78, 5) is 4.13. The maximum atomic E-state index is 5.86. The first-order valence-electron chi connectivity index (χ1n) is 7.45. The molecule has 1 aromatic carbocycles. The van der Waals surface area contributed by atoms with E-state index in [1.807, 2.05) is 48.0 Å². The van der Waals surface area contributed by atoms with Gasteiger partial charge in [0.05, 0.1) is 0 Å². The Bertz CT molecular complexity index is 834. The third-order valence-electron chi connectivity index (χ3n) is 3.37. The van der Waals surface area contributed by atoms with Crippen molar-refractivity contribution in [3.05, 3.63) is 65.1 Å². The third-order valence-corrected chi connectivity index (χ3v) is 4.71. The van der Waals surface area contributed by atoms with Gasteiger partial charge in [0.15, 0.2) is 0 Å². The molecule has 3 rings (SSSR count). The Balaban J connectivity index is 2.02. The van der Waals surface area contributed by atoms with Crippen molar-refractivity contribution in [2.24, 2.45) is 0 Å². The molecule has 0 aliphatic carbocycles. The molecule has 0 atom stereocenters. The number of nitrogens with zero attached hydrogens (tertiary/aromatic N) is 4. The van der Waals surface area contributed by atoms with Crippen molar-refractivity contribution in [1.29, 1.82) is 0 Å². The Morgan fingerprint density at radius 1 is 1.21 bits per heavy atom. The topological polar surface area (TPSA) is 52.8 Å². The average molecular weight is 511 g/mol. The maximum absolute atomic E-state index is 5.86. The fraction of sp³-hybridized carbons (Fsp3) is 0.176. The van der Waals surface area contributed by atoms with Crippen LogP contribution in [0.1, 0.15) is 18.2 Å². The molecule has 0 bridgehead atoms. The SMILES string of the molecule is CCO[C](=[W])c1nnn(Cc2ccc(Cl)nc2)c1-c1ccccc1. The van der Waals surface area contributed by atoms with Crippen LogP contribution in [0, 0.1) is 0 Å². The fourth-order valence-corrected chi connectivity index (χ4v) is 3.34. The average Bonchev–Trinajstić information content (AvgIpc) is 3.01. The molecule has 2 aromatic heterocycles. The first-order chi connectivity index (χ1) is 11.7. The fourth-order valence-electron chi connectivity index (χ4n) is 2.32. The second-order valence-electron chi connectivity index (χ2n) is 5.02. The second-order valence-corrected chi connectivity index (χ2v) is 6.74. The summed E-state index contributed by atoms with van der Waals surface area (Å²) in [5.74, 6) is 0. The second kappa shape index (κ2) is 7.93. The number of rotatable bonds is 6. The molecule has 0 amide bonds. The summed E-state index contributed by atoms with van der Waals surface area (Å²) < 4.78 is 8.39. The molecule has 24 heavy (non-hydrogen) atoms. The van der Waals surface area contributed by atoms with E-state index in [1.165, 1.54) is 19.4 Å². The monoisotopic (exact) mass is 510 g/mol. The molecule has 7 heteroatoms. The minimum atomic E-state index is 0.477. The van der Waals surface area contributed by atoms with Crippen LogP contribution in [-0.4, -0.2) is 30.7 Å². The number of hydrogen-bond acceptors (Lipinski definition) is 4. The number of ether oxygens (including phenoxy) is 1. The summed E-state index contributed by atoms with van der Waals surface area (Å²) in [6.07, 6.45) is 1.75. The van der Waals surface area contributed by atoms with E-state index < -0.39 is 0 Å². The minimum absolute atomic E-state index is 0.477. The molecule has 122 valence electrons. The van der Waals surface area contributed by atoms with Crippen LogP contribution < -0.4 is 0 Å². The van der Waals surface area contributed by atoms with E-state index in [4.69, 9.17) is 16.3 Å². The zero-order valence-corrected chi connectivity index (χ0v) is 16.7. The van der Waals surface area contributed by atoms with Crippen molar-refractivity contribution in [1.82, 2.24) is 20.0 Å². The zero-order valence-electron chi connectivity index (χ0n) is 13.0. The van der Waals surface area contributed by atoms with E-state index >= 15 is 0 Å². The van der Waals surface area contributed by atoms with Crippen molar-refractivity contribution >= 4 is 15.7 Å². The summed E-state index contributed by atoms with van der Waals surface area (Å²) in [6.45, 7) is 3.14. The van der Waals surface area contributed by atoms with Gasteiger partial charge >= 0.3 is 156 Å². The molecule has 0 spiro atoms. The molecule has 0 N–H and O–H groups in total. The molecule has 5 nitrogen and oxygen atoms in total. The Kier molecular flexibility index (Phi) is 5.67. The van der Waals surface area contributed by atoms with E-state index in [2.05, 4.69) is 15.3 Å². The van der Waals surface area contributed by atoms with E-state index in [0.29, 0.717) is 18.3 Å². The molecule has 0 unspecified atom stereocenters. The van der Waals surface area contributed by atoms with E-state index in [9.17, 15) is 0 Å². The number of halogens is 1. The molecular formula is C17H15ClN4OW. The Morgan fingerprint density at radius 3 is 2.67 bits per heavy atom. The molecule has 0 saturated heterocycles. The molecule has 0 aliphatic heterocycles. The van der Waals surface area contributed by atoms with Gasteiger partial charge in [-0.25, -0.2) is 0 Å². The van der Waals surface area contributed by atoms with Crippen molar-refractivity contribution < 1.29 is 24.1 Å². The molecular weight excluding hydrogens is 496 g/mol.